The number of nitrogens with one attached hydrogen (secondary N) is 1. The Balaban J connectivity index is 2.48. The maximum Gasteiger partial charge on any atom is 0.338 e. The zero-order valence-electron chi connectivity index (χ0n) is 11.2. The standard InChI is InChI=1S/C13H15ClN2O4/c1-15-11(17)7-16(2)12(18)8-20-13(19)9-4-3-5-10(14)6-9/h3-6H,7-8H2,1-2H3,(H,15,17). The summed E-state index contributed by atoms with van der Waals surface area (Å²) in [5.74, 6) is -1.42. The number of esters is 1. The van der Waals surface area contributed by atoms with Crippen LogP contribution in [0.2, 0.25) is 5.02 Å². The number of amides is 2. The fraction of sp³-hybridized carbons (Fsp3) is 0.308. The number of carbonyl (C=O) groups is 3. The van der Waals surface area contributed by atoms with Crippen LogP contribution in [0.4, 0.5) is 0 Å². The van der Waals surface area contributed by atoms with Crippen molar-refractivity contribution in [3.63, 3.8) is 0 Å². The number of likely N-dealkylation sites (N-methyl/N-ethyl adjacent to an activating group) is 2. The van der Waals surface area contributed by atoms with Gasteiger partial charge in [0.1, 0.15) is 0 Å². The summed E-state index contributed by atoms with van der Waals surface area (Å²) in [7, 11) is 2.92. The summed E-state index contributed by atoms with van der Waals surface area (Å²) < 4.78 is 4.86. The smallest absolute Gasteiger partial charge is 0.338 e. The normalized spacial score (nSPS) is 9.75. The highest BCUT2D eigenvalue weighted by Gasteiger charge is 2.15. The van der Waals surface area contributed by atoms with Gasteiger partial charge < -0.3 is 15.0 Å². The first-order valence-electron chi connectivity index (χ1n) is 5.81. The van der Waals surface area contributed by atoms with E-state index in [1.54, 1.807) is 12.1 Å². The molecule has 1 rings (SSSR count). The molecule has 20 heavy (non-hydrogen) atoms. The number of halogens is 1. The molecule has 0 atom stereocenters. The molecule has 0 saturated heterocycles. The van der Waals surface area contributed by atoms with Gasteiger partial charge in [0.25, 0.3) is 5.91 Å². The topological polar surface area (TPSA) is 75.7 Å². The maximum atomic E-state index is 11.7. The number of hydrogen-bond acceptors (Lipinski definition) is 4. The van der Waals surface area contributed by atoms with Crippen molar-refractivity contribution in [2.45, 2.75) is 0 Å². The molecule has 7 heteroatoms. The molecule has 6 nitrogen and oxygen atoms in total. The Bertz CT molecular complexity index is 519. The van der Waals surface area contributed by atoms with Crippen molar-refractivity contribution in [3.8, 4) is 0 Å². The highest BCUT2D eigenvalue weighted by atomic mass is 35.5. The van der Waals surface area contributed by atoms with Gasteiger partial charge in [-0.2, -0.15) is 0 Å². The number of rotatable bonds is 5. The van der Waals surface area contributed by atoms with Crippen LogP contribution in [-0.4, -0.2) is 49.9 Å². The number of nitrogens with zero attached hydrogens (tertiary/aromatic N) is 1. The Labute approximate surface area is 121 Å². The lowest BCUT2D eigenvalue weighted by atomic mass is 10.2. The molecule has 1 N–H and O–H groups in total. The van der Waals surface area contributed by atoms with Gasteiger partial charge in [0.2, 0.25) is 5.91 Å². The van der Waals surface area contributed by atoms with E-state index in [9.17, 15) is 14.4 Å². The lowest BCUT2D eigenvalue weighted by Crippen LogP contribution is -2.39. The van der Waals surface area contributed by atoms with Gasteiger partial charge >= 0.3 is 5.97 Å². The third-order valence-electron chi connectivity index (χ3n) is 2.47. The van der Waals surface area contributed by atoms with Gasteiger partial charge in [-0.25, -0.2) is 4.79 Å². The summed E-state index contributed by atoms with van der Waals surface area (Å²) in [6.45, 7) is -0.525. The molecule has 2 amide bonds. The Kier molecular flexibility index (Phi) is 5.99. The van der Waals surface area contributed by atoms with Crippen molar-refractivity contribution >= 4 is 29.4 Å². The fourth-order valence-electron chi connectivity index (χ4n) is 1.32. The Morgan fingerprint density at radius 3 is 2.65 bits per heavy atom. The second-order valence-electron chi connectivity index (χ2n) is 4.01. The van der Waals surface area contributed by atoms with E-state index >= 15 is 0 Å². The molecule has 0 spiro atoms. The van der Waals surface area contributed by atoms with Crippen molar-refractivity contribution in [2.75, 3.05) is 27.2 Å². The minimum atomic E-state index is -0.644. The first-order chi connectivity index (χ1) is 9.43. The molecule has 0 saturated carbocycles. The summed E-state index contributed by atoms with van der Waals surface area (Å²) >= 11 is 5.75. The van der Waals surface area contributed by atoms with Gasteiger partial charge in [-0.05, 0) is 18.2 Å². The lowest BCUT2D eigenvalue weighted by Gasteiger charge is -2.15. The van der Waals surface area contributed by atoms with Crippen LogP contribution in [0.1, 0.15) is 10.4 Å². The van der Waals surface area contributed by atoms with E-state index in [4.69, 9.17) is 16.3 Å². The molecular weight excluding hydrogens is 284 g/mol. The third-order valence-corrected chi connectivity index (χ3v) is 2.71. The van der Waals surface area contributed by atoms with Crippen molar-refractivity contribution in [3.05, 3.63) is 34.9 Å². The zero-order chi connectivity index (χ0) is 15.1. The second-order valence-corrected chi connectivity index (χ2v) is 4.45. The number of benzene rings is 1. The van der Waals surface area contributed by atoms with Gasteiger partial charge in [0.15, 0.2) is 6.61 Å². The Morgan fingerprint density at radius 1 is 1.35 bits per heavy atom. The Hall–Kier alpha value is -2.08. The second kappa shape index (κ2) is 7.49. The van der Waals surface area contributed by atoms with Gasteiger partial charge in [0, 0.05) is 19.1 Å². The predicted octanol–water partition coefficient (Wildman–Crippen LogP) is 0.701. The van der Waals surface area contributed by atoms with Gasteiger partial charge in [0.05, 0.1) is 12.1 Å². The van der Waals surface area contributed by atoms with Crippen LogP contribution in [0.3, 0.4) is 0 Å². The minimum Gasteiger partial charge on any atom is -0.452 e. The molecule has 0 aliphatic heterocycles. The molecule has 0 unspecified atom stereocenters. The fourth-order valence-corrected chi connectivity index (χ4v) is 1.51. The number of hydrogen-bond donors (Lipinski definition) is 1. The molecular formula is C13H15ClN2O4. The highest BCUT2D eigenvalue weighted by Crippen LogP contribution is 2.11. The summed E-state index contributed by atoms with van der Waals surface area (Å²) in [5.41, 5.74) is 0.263. The van der Waals surface area contributed by atoms with E-state index in [0.717, 1.165) is 0 Å². The van der Waals surface area contributed by atoms with Crippen LogP contribution in [0.15, 0.2) is 24.3 Å². The number of ether oxygens (including phenoxy) is 1. The third kappa shape index (κ3) is 4.89. The van der Waals surface area contributed by atoms with E-state index in [-0.39, 0.29) is 18.0 Å². The molecule has 0 heterocycles. The maximum absolute atomic E-state index is 11.7. The molecule has 1 aromatic carbocycles. The van der Waals surface area contributed by atoms with E-state index in [0.29, 0.717) is 5.02 Å². The van der Waals surface area contributed by atoms with Crippen molar-refractivity contribution < 1.29 is 19.1 Å². The zero-order valence-corrected chi connectivity index (χ0v) is 11.9. The molecule has 1 aromatic rings. The van der Waals surface area contributed by atoms with Gasteiger partial charge in [-0.15, -0.1) is 0 Å². The van der Waals surface area contributed by atoms with Crippen LogP contribution in [0, 0.1) is 0 Å². The SMILES string of the molecule is CNC(=O)CN(C)C(=O)COC(=O)c1cccc(Cl)c1. The first kappa shape index (κ1) is 16.0. The lowest BCUT2D eigenvalue weighted by molar-refractivity contribution is -0.137. The molecule has 0 bridgehead atoms. The molecule has 108 valence electrons. The average Bonchev–Trinajstić information content (AvgIpc) is 2.43. The van der Waals surface area contributed by atoms with Crippen molar-refractivity contribution in [1.82, 2.24) is 10.2 Å². The van der Waals surface area contributed by atoms with E-state index in [2.05, 4.69) is 5.32 Å². The summed E-state index contributed by atoms with van der Waals surface area (Å²) in [4.78, 5) is 35.6. The first-order valence-corrected chi connectivity index (χ1v) is 6.19. The predicted molar refractivity (Wildman–Crippen MR) is 73.4 cm³/mol. The van der Waals surface area contributed by atoms with Gasteiger partial charge in [-0.1, -0.05) is 17.7 Å². The Morgan fingerprint density at radius 2 is 2.05 bits per heavy atom. The van der Waals surface area contributed by atoms with Crippen molar-refractivity contribution in [2.24, 2.45) is 0 Å². The van der Waals surface area contributed by atoms with Gasteiger partial charge in [-0.3, -0.25) is 9.59 Å². The molecule has 0 fully saturated rings. The quantitative estimate of drug-likeness (QED) is 0.812. The van der Waals surface area contributed by atoms with E-state index in [1.165, 1.54) is 31.1 Å². The van der Waals surface area contributed by atoms with Crippen LogP contribution < -0.4 is 5.32 Å². The highest BCUT2D eigenvalue weighted by molar-refractivity contribution is 6.30. The van der Waals surface area contributed by atoms with Crippen LogP contribution in [-0.2, 0) is 14.3 Å². The summed E-state index contributed by atoms with van der Waals surface area (Å²) in [6.07, 6.45) is 0. The minimum absolute atomic E-state index is 0.0932. The van der Waals surface area contributed by atoms with Crippen LogP contribution >= 0.6 is 11.6 Å². The van der Waals surface area contributed by atoms with Crippen LogP contribution in [0.5, 0.6) is 0 Å². The van der Waals surface area contributed by atoms with E-state index < -0.39 is 18.5 Å². The molecule has 0 aliphatic carbocycles. The monoisotopic (exact) mass is 298 g/mol. The molecule has 0 aromatic heterocycles. The number of carbonyl (C=O) groups excluding carboxylic acids is 3. The summed E-state index contributed by atoms with van der Waals surface area (Å²) in [5, 5.41) is 2.80. The average molecular weight is 299 g/mol. The van der Waals surface area contributed by atoms with E-state index in [1.807, 2.05) is 0 Å². The summed E-state index contributed by atoms with van der Waals surface area (Å²) in [6, 6.07) is 6.22. The molecule has 0 aliphatic rings. The van der Waals surface area contributed by atoms with Crippen molar-refractivity contribution in [1.29, 1.82) is 0 Å². The van der Waals surface area contributed by atoms with Crippen LogP contribution in [0.25, 0.3) is 0 Å². The largest absolute Gasteiger partial charge is 0.452 e. The molecule has 0 radical (unpaired) electrons.